The largest absolute Gasteiger partial charge is 0.374 e. The molecule has 146 valence electrons. The summed E-state index contributed by atoms with van der Waals surface area (Å²) in [6, 6.07) is 14.5. The summed E-state index contributed by atoms with van der Waals surface area (Å²) in [6.07, 6.45) is 3.52. The fourth-order valence-corrected chi connectivity index (χ4v) is 3.62. The Bertz CT molecular complexity index is 1200. The zero-order valence-electron chi connectivity index (χ0n) is 15.2. The number of hydrogen-bond donors (Lipinski definition) is 2. The van der Waals surface area contributed by atoms with E-state index in [9.17, 15) is 9.18 Å². The van der Waals surface area contributed by atoms with Crippen molar-refractivity contribution in [3.63, 3.8) is 0 Å². The Kier molecular flexibility index (Phi) is 5.30. The first-order chi connectivity index (χ1) is 14.1. The number of anilines is 1. The van der Waals surface area contributed by atoms with Crippen molar-refractivity contribution in [1.29, 1.82) is 0 Å². The highest BCUT2D eigenvalue weighted by Gasteiger charge is 2.10. The number of nitrogens with two attached hydrogens (primary N) is 1. The van der Waals surface area contributed by atoms with Crippen molar-refractivity contribution in [2.75, 3.05) is 5.73 Å². The van der Waals surface area contributed by atoms with Gasteiger partial charge < -0.3 is 10.3 Å². The molecule has 0 aliphatic heterocycles. The Labute approximate surface area is 169 Å². The van der Waals surface area contributed by atoms with Crippen LogP contribution in [-0.2, 0) is 17.8 Å². The molecule has 7 nitrogen and oxygen atoms in total. The van der Waals surface area contributed by atoms with E-state index < -0.39 is 0 Å². The molecular formula is C20H17FN6OS. The summed E-state index contributed by atoms with van der Waals surface area (Å²) >= 11 is 1.16. The van der Waals surface area contributed by atoms with E-state index >= 15 is 0 Å². The third-order valence-electron chi connectivity index (χ3n) is 4.31. The van der Waals surface area contributed by atoms with Crippen LogP contribution in [0.25, 0.3) is 10.9 Å². The van der Waals surface area contributed by atoms with Crippen LogP contribution < -0.4 is 11.2 Å². The number of nitrogens with one attached hydrogen (secondary N) is 1. The summed E-state index contributed by atoms with van der Waals surface area (Å²) in [4.78, 5) is 12.0. The van der Waals surface area contributed by atoms with Crippen LogP contribution in [0.4, 0.5) is 9.52 Å². The van der Waals surface area contributed by atoms with Crippen molar-refractivity contribution in [2.24, 2.45) is 5.10 Å². The van der Waals surface area contributed by atoms with Gasteiger partial charge in [0, 0.05) is 28.2 Å². The number of aromatic nitrogens is 3. The van der Waals surface area contributed by atoms with E-state index in [4.69, 9.17) is 5.73 Å². The third-order valence-corrected chi connectivity index (χ3v) is 5.06. The minimum atomic E-state index is -0.313. The van der Waals surface area contributed by atoms with Gasteiger partial charge in [-0.25, -0.2) is 9.82 Å². The van der Waals surface area contributed by atoms with E-state index in [0.717, 1.165) is 27.8 Å². The van der Waals surface area contributed by atoms with Gasteiger partial charge in [-0.1, -0.05) is 47.7 Å². The first-order valence-corrected chi connectivity index (χ1v) is 9.63. The van der Waals surface area contributed by atoms with Gasteiger partial charge >= 0.3 is 0 Å². The summed E-state index contributed by atoms with van der Waals surface area (Å²) in [6.45, 7) is 0.395. The molecule has 0 fully saturated rings. The molecule has 0 saturated carbocycles. The summed E-state index contributed by atoms with van der Waals surface area (Å²) in [5.41, 5.74) is 10.4. The Balaban J connectivity index is 1.52. The van der Waals surface area contributed by atoms with Crippen molar-refractivity contribution in [3.8, 4) is 0 Å². The van der Waals surface area contributed by atoms with E-state index in [0.29, 0.717) is 22.2 Å². The summed E-state index contributed by atoms with van der Waals surface area (Å²) in [5, 5.41) is 13.3. The van der Waals surface area contributed by atoms with Crippen molar-refractivity contribution in [1.82, 2.24) is 20.2 Å². The summed E-state index contributed by atoms with van der Waals surface area (Å²) in [7, 11) is 0. The number of carbonyl (C=O) groups excluding carboxylic acids is 1. The Hall–Kier alpha value is -3.59. The average Bonchev–Trinajstić information content (AvgIpc) is 3.27. The van der Waals surface area contributed by atoms with Gasteiger partial charge in [-0.05, 0) is 12.1 Å². The fraction of sp³-hybridized carbons (Fsp3) is 0.100. The average molecular weight is 408 g/mol. The number of hydrazone groups is 1. The molecule has 29 heavy (non-hydrogen) atoms. The molecule has 0 saturated heterocycles. The van der Waals surface area contributed by atoms with Crippen LogP contribution in [0.3, 0.4) is 0 Å². The van der Waals surface area contributed by atoms with Crippen LogP contribution >= 0.6 is 11.3 Å². The molecule has 0 spiro atoms. The van der Waals surface area contributed by atoms with Crippen LogP contribution in [0.5, 0.6) is 0 Å². The van der Waals surface area contributed by atoms with Crippen molar-refractivity contribution in [3.05, 3.63) is 76.7 Å². The molecule has 4 aromatic rings. The van der Waals surface area contributed by atoms with E-state index in [1.807, 2.05) is 41.1 Å². The number of rotatable bonds is 6. The molecule has 0 radical (unpaired) electrons. The van der Waals surface area contributed by atoms with Crippen molar-refractivity contribution >= 4 is 39.5 Å². The Morgan fingerprint density at radius 1 is 1.21 bits per heavy atom. The predicted octanol–water partition coefficient (Wildman–Crippen LogP) is 2.96. The molecule has 0 atom stereocenters. The number of nitrogens with zero attached hydrogens (tertiary/aromatic N) is 4. The number of carbonyl (C=O) groups is 1. The smallest absolute Gasteiger partial charge is 0.247 e. The molecule has 0 aliphatic rings. The summed E-state index contributed by atoms with van der Waals surface area (Å²) in [5.74, 6) is -0.558. The van der Waals surface area contributed by atoms with Crippen LogP contribution in [0.2, 0.25) is 0 Å². The SMILES string of the molecule is Nc1nnc(CC(=O)N/N=C\c2cn(Cc3ccccc3F)c3ccccc23)s1. The molecule has 0 unspecified atom stereocenters. The van der Waals surface area contributed by atoms with Crippen LogP contribution in [-0.4, -0.2) is 26.9 Å². The monoisotopic (exact) mass is 408 g/mol. The predicted molar refractivity (Wildman–Crippen MR) is 111 cm³/mol. The molecular weight excluding hydrogens is 391 g/mol. The zero-order chi connectivity index (χ0) is 20.2. The highest BCUT2D eigenvalue weighted by atomic mass is 32.1. The second-order valence-electron chi connectivity index (χ2n) is 6.32. The van der Waals surface area contributed by atoms with Gasteiger partial charge in [0.1, 0.15) is 10.8 Å². The number of benzene rings is 2. The maximum Gasteiger partial charge on any atom is 0.247 e. The number of para-hydroxylation sites is 1. The minimum absolute atomic E-state index is 0.0568. The molecule has 2 aromatic heterocycles. The topological polar surface area (TPSA) is 98.2 Å². The molecule has 3 N–H and O–H groups in total. The van der Waals surface area contributed by atoms with Crippen molar-refractivity contribution in [2.45, 2.75) is 13.0 Å². The number of hydrogen-bond acceptors (Lipinski definition) is 6. The second-order valence-corrected chi connectivity index (χ2v) is 7.42. The lowest BCUT2D eigenvalue weighted by molar-refractivity contribution is -0.120. The maximum absolute atomic E-state index is 14.1. The third kappa shape index (κ3) is 4.30. The van der Waals surface area contributed by atoms with Gasteiger partial charge in [-0.2, -0.15) is 5.10 Å². The van der Waals surface area contributed by atoms with Gasteiger partial charge in [0.05, 0.1) is 19.2 Å². The second kappa shape index (κ2) is 8.19. The highest BCUT2D eigenvalue weighted by molar-refractivity contribution is 7.15. The van der Waals surface area contributed by atoms with E-state index in [1.54, 1.807) is 18.3 Å². The minimum Gasteiger partial charge on any atom is -0.374 e. The normalized spacial score (nSPS) is 11.3. The number of amides is 1. The lowest BCUT2D eigenvalue weighted by Crippen LogP contribution is -2.19. The van der Waals surface area contributed by atoms with Gasteiger partial charge in [-0.3, -0.25) is 4.79 Å². The van der Waals surface area contributed by atoms with E-state index in [1.165, 1.54) is 6.07 Å². The summed E-state index contributed by atoms with van der Waals surface area (Å²) < 4.78 is 16.0. The molecule has 9 heteroatoms. The molecule has 1 amide bonds. The molecule has 4 rings (SSSR count). The van der Waals surface area contributed by atoms with Crippen LogP contribution in [0.1, 0.15) is 16.1 Å². The van der Waals surface area contributed by atoms with Crippen LogP contribution in [0, 0.1) is 5.82 Å². The highest BCUT2D eigenvalue weighted by Crippen LogP contribution is 2.22. The van der Waals surface area contributed by atoms with Gasteiger partial charge in [0.2, 0.25) is 11.0 Å². The molecule has 0 aliphatic carbocycles. The first kappa shape index (κ1) is 18.8. The zero-order valence-corrected chi connectivity index (χ0v) is 16.1. The fourth-order valence-electron chi connectivity index (χ4n) is 3.01. The van der Waals surface area contributed by atoms with E-state index in [2.05, 4.69) is 20.7 Å². The van der Waals surface area contributed by atoms with Gasteiger partial charge in [-0.15, -0.1) is 10.2 Å². The standard InChI is InChI=1S/C20H17FN6OS/c21-16-7-3-1-5-13(16)11-27-12-14(15-6-2-4-8-17(15)27)10-23-24-18(28)9-19-25-26-20(22)29-19/h1-8,10,12H,9,11H2,(H2,22,26)(H,24,28)/b23-10-. The molecule has 2 heterocycles. The van der Waals surface area contributed by atoms with E-state index in [-0.39, 0.29) is 18.1 Å². The lowest BCUT2D eigenvalue weighted by Gasteiger charge is -2.06. The maximum atomic E-state index is 14.1. The number of nitrogen functional groups attached to an aromatic ring is 1. The Morgan fingerprint density at radius 2 is 2.00 bits per heavy atom. The molecule has 2 aromatic carbocycles. The van der Waals surface area contributed by atoms with Gasteiger partial charge in [0.15, 0.2) is 0 Å². The molecule has 0 bridgehead atoms. The van der Waals surface area contributed by atoms with Crippen LogP contribution in [0.15, 0.2) is 59.8 Å². The first-order valence-electron chi connectivity index (χ1n) is 8.81. The number of fused-ring (bicyclic) bond motifs is 1. The quantitative estimate of drug-likeness (QED) is 0.379. The number of halogens is 1. The van der Waals surface area contributed by atoms with Gasteiger partial charge in [0.25, 0.3) is 0 Å². The lowest BCUT2D eigenvalue weighted by atomic mass is 10.2. The van der Waals surface area contributed by atoms with Crippen molar-refractivity contribution < 1.29 is 9.18 Å². The Morgan fingerprint density at radius 3 is 2.79 bits per heavy atom.